The van der Waals surface area contributed by atoms with Crippen LogP contribution in [0.15, 0.2) is 18.2 Å². The zero-order valence-electron chi connectivity index (χ0n) is 12.5. The Kier molecular flexibility index (Phi) is 7.39. The molecule has 0 spiro atoms. The molecule has 2 nitrogen and oxygen atoms in total. The van der Waals surface area contributed by atoms with Crippen LogP contribution in [-0.2, 0) is 11.3 Å². The van der Waals surface area contributed by atoms with Gasteiger partial charge in [0.1, 0.15) is 0 Å². The van der Waals surface area contributed by atoms with E-state index in [0.717, 1.165) is 24.8 Å². The van der Waals surface area contributed by atoms with Crippen molar-refractivity contribution in [3.05, 3.63) is 33.8 Å². The topological polar surface area (TPSA) is 20.3 Å². The highest BCUT2D eigenvalue weighted by molar-refractivity contribution is 6.42. The number of carbonyl (C=O) groups is 1. The summed E-state index contributed by atoms with van der Waals surface area (Å²) in [5, 5.41) is 1.08. The Balaban J connectivity index is 2.87. The maximum absolute atomic E-state index is 12.3. The van der Waals surface area contributed by atoms with Gasteiger partial charge in [0.25, 0.3) is 0 Å². The molecule has 0 aliphatic rings. The molecule has 0 N–H and O–H groups in total. The fourth-order valence-electron chi connectivity index (χ4n) is 2.26. The molecule has 0 bridgehead atoms. The van der Waals surface area contributed by atoms with Crippen molar-refractivity contribution in [2.75, 3.05) is 0 Å². The summed E-state index contributed by atoms with van der Waals surface area (Å²) >= 11 is 12.0. The third-order valence-corrected chi connectivity index (χ3v) is 4.10. The summed E-state index contributed by atoms with van der Waals surface area (Å²) in [6.45, 7) is 6.86. The highest BCUT2D eigenvalue weighted by Crippen LogP contribution is 2.24. The monoisotopic (exact) mass is 315 g/mol. The second-order valence-electron chi connectivity index (χ2n) is 5.16. The van der Waals surface area contributed by atoms with Gasteiger partial charge in [0.15, 0.2) is 0 Å². The molecule has 20 heavy (non-hydrogen) atoms. The average molecular weight is 316 g/mol. The van der Waals surface area contributed by atoms with Gasteiger partial charge in [0, 0.05) is 19.0 Å². The van der Waals surface area contributed by atoms with Gasteiger partial charge in [0.2, 0.25) is 5.91 Å². The standard InChI is InChI=1S/C16H23Cl2NO/c1-4-6-12(3)19(16(20)7-5-2)11-13-8-9-14(17)15(18)10-13/h8-10,12H,4-7,11H2,1-3H3. The quantitative estimate of drug-likeness (QED) is 0.667. The van der Waals surface area contributed by atoms with Crippen LogP contribution >= 0.6 is 23.2 Å². The van der Waals surface area contributed by atoms with Crippen LogP contribution in [0.5, 0.6) is 0 Å². The van der Waals surface area contributed by atoms with Crippen molar-refractivity contribution >= 4 is 29.1 Å². The van der Waals surface area contributed by atoms with E-state index in [4.69, 9.17) is 23.2 Å². The maximum atomic E-state index is 12.3. The predicted octanol–water partition coefficient (Wildman–Crippen LogP) is 5.31. The molecule has 0 saturated carbocycles. The van der Waals surface area contributed by atoms with Gasteiger partial charge < -0.3 is 4.90 Å². The van der Waals surface area contributed by atoms with Crippen molar-refractivity contribution in [1.29, 1.82) is 0 Å². The molecule has 1 amide bonds. The first-order chi connectivity index (χ1) is 9.49. The van der Waals surface area contributed by atoms with Crippen LogP contribution < -0.4 is 0 Å². The zero-order chi connectivity index (χ0) is 15.1. The molecule has 1 atom stereocenters. The highest BCUT2D eigenvalue weighted by Gasteiger charge is 2.19. The van der Waals surface area contributed by atoms with Gasteiger partial charge >= 0.3 is 0 Å². The number of carbonyl (C=O) groups excluding carboxylic acids is 1. The molecule has 0 aromatic heterocycles. The predicted molar refractivity (Wildman–Crippen MR) is 86.3 cm³/mol. The Morgan fingerprint density at radius 3 is 2.45 bits per heavy atom. The van der Waals surface area contributed by atoms with Gasteiger partial charge in [-0.15, -0.1) is 0 Å². The molecule has 0 fully saturated rings. The Hall–Kier alpha value is -0.730. The number of rotatable bonds is 7. The van der Waals surface area contributed by atoms with Crippen molar-refractivity contribution in [2.45, 2.75) is 59.0 Å². The van der Waals surface area contributed by atoms with Gasteiger partial charge in [-0.1, -0.05) is 49.5 Å². The van der Waals surface area contributed by atoms with E-state index in [1.807, 2.05) is 24.0 Å². The number of nitrogens with zero attached hydrogens (tertiary/aromatic N) is 1. The van der Waals surface area contributed by atoms with E-state index in [2.05, 4.69) is 13.8 Å². The average Bonchev–Trinajstić information content (AvgIpc) is 2.40. The summed E-state index contributed by atoms with van der Waals surface area (Å²) < 4.78 is 0. The van der Waals surface area contributed by atoms with Gasteiger partial charge in [0.05, 0.1) is 10.0 Å². The lowest BCUT2D eigenvalue weighted by molar-refractivity contribution is -0.134. The molecule has 0 aliphatic heterocycles. The fraction of sp³-hybridized carbons (Fsp3) is 0.562. The normalized spacial score (nSPS) is 12.2. The smallest absolute Gasteiger partial charge is 0.223 e. The van der Waals surface area contributed by atoms with Crippen molar-refractivity contribution in [2.24, 2.45) is 0 Å². The van der Waals surface area contributed by atoms with E-state index < -0.39 is 0 Å². The SMILES string of the molecule is CCCC(=O)N(Cc1ccc(Cl)c(Cl)c1)C(C)CCC. The maximum Gasteiger partial charge on any atom is 0.223 e. The molecular formula is C16H23Cl2NO. The van der Waals surface area contributed by atoms with Gasteiger partial charge in [-0.3, -0.25) is 4.79 Å². The molecule has 4 heteroatoms. The van der Waals surface area contributed by atoms with Crippen molar-refractivity contribution in [3.8, 4) is 0 Å². The van der Waals surface area contributed by atoms with E-state index in [1.165, 1.54) is 0 Å². The van der Waals surface area contributed by atoms with E-state index >= 15 is 0 Å². The highest BCUT2D eigenvalue weighted by atomic mass is 35.5. The summed E-state index contributed by atoms with van der Waals surface area (Å²) in [4.78, 5) is 14.2. The van der Waals surface area contributed by atoms with E-state index in [9.17, 15) is 4.79 Å². The van der Waals surface area contributed by atoms with Gasteiger partial charge in [-0.2, -0.15) is 0 Å². The second-order valence-corrected chi connectivity index (χ2v) is 5.97. The molecule has 1 aromatic carbocycles. The molecule has 1 aromatic rings. The minimum Gasteiger partial charge on any atom is -0.336 e. The van der Waals surface area contributed by atoms with Crippen LogP contribution in [0, 0.1) is 0 Å². The van der Waals surface area contributed by atoms with Gasteiger partial charge in [-0.05, 0) is 37.5 Å². The summed E-state index contributed by atoms with van der Waals surface area (Å²) in [5.74, 6) is 0.208. The van der Waals surface area contributed by atoms with Crippen LogP contribution in [0.3, 0.4) is 0 Å². The minimum absolute atomic E-state index is 0.208. The Bertz CT molecular complexity index is 448. The number of halogens is 2. The van der Waals surface area contributed by atoms with Crippen molar-refractivity contribution in [1.82, 2.24) is 4.90 Å². The third-order valence-electron chi connectivity index (χ3n) is 3.36. The summed E-state index contributed by atoms with van der Waals surface area (Å²) in [7, 11) is 0. The summed E-state index contributed by atoms with van der Waals surface area (Å²) in [5.41, 5.74) is 1.02. The van der Waals surface area contributed by atoms with Crippen molar-refractivity contribution < 1.29 is 4.79 Å². The van der Waals surface area contributed by atoms with Crippen LogP contribution in [0.4, 0.5) is 0 Å². The van der Waals surface area contributed by atoms with Crippen molar-refractivity contribution in [3.63, 3.8) is 0 Å². The largest absolute Gasteiger partial charge is 0.336 e. The molecule has 1 unspecified atom stereocenters. The fourth-order valence-corrected chi connectivity index (χ4v) is 2.58. The molecule has 0 radical (unpaired) electrons. The molecule has 0 saturated heterocycles. The van der Waals surface area contributed by atoms with E-state index in [-0.39, 0.29) is 11.9 Å². The van der Waals surface area contributed by atoms with Gasteiger partial charge in [-0.25, -0.2) is 0 Å². The molecular weight excluding hydrogens is 293 g/mol. The summed E-state index contributed by atoms with van der Waals surface area (Å²) in [6, 6.07) is 5.80. The molecule has 112 valence electrons. The lowest BCUT2D eigenvalue weighted by Crippen LogP contribution is -2.37. The molecule has 0 heterocycles. The first-order valence-electron chi connectivity index (χ1n) is 7.23. The lowest BCUT2D eigenvalue weighted by atomic mass is 10.1. The first kappa shape index (κ1) is 17.3. The Morgan fingerprint density at radius 2 is 1.90 bits per heavy atom. The molecule has 1 rings (SSSR count). The Labute approximate surface area is 132 Å². The summed E-state index contributed by atoms with van der Waals surface area (Å²) in [6.07, 6.45) is 3.54. The van der Waals surface area contributed by atoms with Crippen LogP contribution in [0.1, 0.15) is 52.0 Å². The second kappa shape index (κ2) is 8.53. The number of amides is 1. The third kappa shape index (κ3) is 4.99. The number of hydrogen-bond donors (Lipinski definition) is 0. The Morgan fingerprint density at radius 1 is 1.20 bits per heavy atom. The van der Waals surface area contributed by atoms with Crippen LogP contribution in [0.2, 0.25) is 10.0 Å². The van der Waals surface area contributed by atoms with E-state index in [1.54, 1.807) is 6.07 Å². The molecule has 0 aliphatic carbocycles. The van der Waals surface area contributed by atoms with Crippen LogP contribution in [0.25, 0.3) is 0 Å². The zero-order valence-corrected chi connectivity index (χ0v) is 14.0. The first-order valence-corrected chi connectivity index (χ1v) is 7.98. The lowest BCUT2D eigenvalue weighted by Gasteiger charge is -2.29. The van der Waals surface area contributed by atoms with Crippen LogP contribution in [-0.4, -0.2) is 16.8 Å². The number of benzene rings is 1. The number of hydrogen-bond acceptors (Lipinski definition) is 1. The van der Waals surface area contributed by atoms with E-state index in [0.29, 0.717) is 23.0 Å². The minimum atomic E-state index is 0.208.